The van der Waals surface area contributed by atoms with Gasteiger partial charge in [0.25, 0.3) is 5.69 Å². The quantitative estimate of drug-likeness (QED) is 0.659. The Labute approximate surface area is 120 Å². The fourth-order valence-electron chi connectivity index (χ4n) is 1.84. The van der Waals surface area contributed by atoms with Crippen molar-refractivity contribution in [1.82, 2.24) is 0 Å². The highest BCUT2D eigenvalue weighted by Gasteiger charge is 2.18. The van der Waals surface area contributed by atoms with E-state index in [1.54, 1.807) is 23.5 Å². The molecule has 0 saturated carbocycles. The largest absolute Gasteiger partial charge is 0.375 e. The van der Waals surface area contributed by atoms with Gasteiger partial charge in [-0.15, -0.1) is 11.3 Å². The van der Waals surface area contributed by atoms with Crippen molar-refractivity contribution in [3.63, 3.8) is 0 Å². The van der Waals surface area contributed by atoms with Crippen LogP contribution < -0.4 is 5.32 Å². The Morgan fingerprint density at radius 3 is 2.84 bits per heavy atom. The second-order valence-electron chi connectivity index (χ2n) is 4.22. The minimum atomic E-state index is -0.425. The Hall–Kier alpha value is -1.59. The zero-order chi connectivity index (χ0) is 13.8. The maximum atomic E-state index is 11.0. The molecule has 1 aromatic heterocycles. The van der Waals surface area contributed by atoms with Gasteiger partial charge in [0.15, 0.2) is 0 Å². The Balaban J connectivity index is 2.16. The molecule has 0 saturated heterocycles. The number of benzene rings is 1. The summed E-state index contributed by atoms with van der Waals surface area (Å²) in [4.78, 5) is 11.8. The monoisotopic (exact) mass is 296 g/mol. The second kappa shape index (κ2) is 6.04. The Morgan fingerprint density at radius 2 is 2.21 bits per heavy atom. The van der Waals surface area contributed by atoms with Gasteiger partial charge in [0.2, 0.25) is 0 Å². The van der Waals surface area contributed by atoms with Crippen LogP contribution in [0.25, 0.3) is 0 Å². The van der Waals surface area contributed by atoms with Gasteiger partial charge in [-0.1, -0.05) is 23.7 Å². The summed E-state index contributed by atoms with van der Waals surface area (Å²) < 4.78 is 0. The highest BCUT2D eigenvalue weighted by Crippen LogP contribution is 2.32. The van der Waals surface area contributed by atoms with E-state index in [0.29, 0.717) is 10.7 Å². The van der Waals surface area contributed by atoms with E-state index >= 15 is 0 Å². The highest BCUT2D eigenvalue weighted by molar-refractivity contribution is 7.09. The third kappa shape index (κ3) is 3.45. The van der Waals surface area contributed by atoms with E-state index in [0.717, 1.165) is 6.42 Å². The lowest BCUT2D eigenvalue weighted by Gasteiger charge is -2.15. The zero-order valence-corrected chi connectivity index (χ0v) is 11.9. The molecule has 0 spiro atoms. The molecule has 0 aliphatic heterocycles. The number of nitrogens with zero attached hydrogens (tertiary/aromatic N) is 1. The van der Waals surface area contributed by atoms with Crippen LogP contribution in [0.15, 0.2) is 35.7 Å². The first-order chi connectivity index (χ1) is 9.08. The van der Waals surface area contributed by atoms with Crippen LogP contribution in [0.1, 0.15) is 11.8 Å². The molecule has 1 unspecified atom stereocenters. The normalized spacial score (nSPS) is 12.1. The zero-order valence-electron chi connectivity index (χ0n) is 10.3. The SMILES string of the molecule is CC(Cc1cccs1)Nc1c(Cl)cccc1[N+](=O)[O-]. The molecule has 0 radical (unpaired) electrons. The number of rotatable bonds is 5. The van der Waals surface area contributed by atoms with Gasteiger partial charge in [0, 0.05) is 23.4 Å². The number of thiophene rings is 1. The minimum absolute atomic E-state index is 0.00512. The van der Waals surface area contributed by atoms with E-state index in [2.05, 4.69) is 5.32 Å². The lowest BCUT2D eigenvalue weighted by atomic mass is 10.2. The molecular formula is C13H13ClN2O2S. The fraction of sp³-hybridized carbons (Fsp3) is 0.231. The average molecular weight is 297 g/mol. The van der Waals surface area contributed by atoms with Crippen molar-refractivity contribution in [3.8, 4) is 0 Å². The van der Waals surface area contributed by atoms with Crippen LogP contribution in [0.3, 0.4) is 0 Å². The molecule has 4 nitrogen and oxygen atoms in total. The lowest BCUT2D eigenvalue weighted by molar-refractivity contribution is -0.384. The average Bonchev–Trinajstić information content (AvgIpc) is 2.84. The van der Waals surface area contributed by atoms with E-state index in [-0.39, 0.29) is 11.7 Å². The van der Waals surface area contributed by atoms with Gasteiger partial charge in [0.1, 0.15) is 5.69 Å². The van der Waals surface area contributed by atoms with Crippen molar-refractivity contribution >= 4 is 34.3 Å². The van der Waals surface area contributed by atoms with Crippen molar-refractivity contribution in [3.05, 3.63) is 55.7 Å². The maximum Gasteiger partial charge on any atom is 0.293 e. The first-order valence-corrected chi connectivity index (χ1v) is 7.05. The first kappa shape index (κ1) is 13.8. The predicted molar refractivity (Wildman–Crippen MR) is 79.2 cm³/mol. The molecule has 0 amide bonds. The number of para-hydroxylation sites is 1. The maximum absolute atomic E-state index is 11.0. The van der Waals surface area contributed by atoms with Crippen LogP contribution in [0.4, 0.5) is 11.4 Å². The van der Waals surface area contributed by atoms with E-state index in [9.17, 15) is 10.1 Å². The van der Waals surface area contributed by atoms with Crippen LogP contribution in [-0.4, -0.2) is 11.0 Å². The Kier molecular flexibility index (Phi) is 4.39. The molecule has 2 rings (SSSR count). The van der Waals surface area contributed by atoms with Gasteiger partial charge in [-0.2, -0.15) is 0 Å². The summed E-state index contributed by atoms with van der Waals surface area (Å²) in [6.07, 6.45) is 0.806. The molecule has 0 bridgehead atoms. The minimum Gasteiger partial charge on any atom is -0.375 e. The summed E-state index contributed by atoms with van der Waals surface area (Å²) in [7, 11) is 0. The molecule has 0 fully saturated rings. The number of nitro groups is 1. The van der Waals surface area contributed by atoms with Crippen molar-refractivity contribution in [2.75, 3.05) is 5.32 Å². The van der Waals surface area contributed by atoms with Gasteiger partial charge in [0.05, 0.1) is 9.95 Å². The van der Waals surface area contributed by atoms with Crippen LogP contribution >= 0.6 is 22.9 Å². The number of hydrogen-bond acceptors (Lipinski definition) is 4. The van der Waals surface area contributed by atoms with Gasteiger partial charge >= 0.3 is 0 Å². The number of hydrogen-bond donors (Lipinski definition) is 1. The molecule has 6 heteroatoms. The van der Waals surface area contributed by atoms with Crippen molar-refractivity contribution in [2.45, 2.75) is 19.4 Å². The van der Waals surface area contributed by atoms with Crippen molar-refractivity contribution < 1.29 is 4.92 Å². The highest BCUT2D eigenvalue weighted by atomic mass is 35.5. The molecule has 1 heterocycles. The molecule has 100 valence electrons. The molecule has 1 atom stereocenters. The van der Waals surface area contributed by atoms with Gasteiger partial charge < -0.3 is 5.32 Å². The van der Waals surface area contributed by atoms with Crippen LogP contribution in [0.2, 0.25) is 5.02 Å². The Morgan fingerprint density at radius 1 is 1.42 bits per heavy atom. The predicted octanol–water partition coefficient (Wildman–Crippen LogP) is 4.35. The van der Waals surface area contributed by atoms with E-state index < -0.39 is 4.92 Å². The molecule has 0 aliphatic rings. The smallest absolute Gasteiger partial charge is 0.293 e. The van der Waals surface area contributed by atoms with E-state index in [1.165, 1.54) is 10.9 Å². The summed E-state index contributed by atoms with van der Waals surface area (Å²) in [6.45, 7) is 1.98. The van der Waals surface area contributed by atoms with Gasteiger partial charge in [-0.3, -0.25) is 10.1 Å². The lowest BCUT2D eigenvalue weighted by Crippen LogP contribution is -2.18. The van der Waals surface area contributed by atoms with Crippen LogP contribution in [0, 0.1) is 10.1 Å². The van der Waals surface area contributed by atoms with Crippen molar-refractivity contribution in [2.24, 2.45) is 0 Å². The molecule has 0 aliphatic carbocycles. The third-order valence-electron chi connectivity index (χ3n) is 2.67. The van der Waals surface area contributed by atoms with Gasteiger partial charge in [-0.25, -0.2) is 0 Å². The van der Waals surface area contributed by atoms with Gasteiger partial charge in [-0.05, 0) is 24.4 Å². The number of halogens is 1. The number of nitro benzene ring substituents is 1. The standard InChI is InChI=1S/C13H13ClN2O2S/c1-9(8-10-4-3-7-19-10)15-13-11(14)5-2-6-12(13)16(17)18/h2-7,9,15H,8H2,1H3. The first-order valence-electron chi connectivity index (χ1n) is 5.79. The Bertz CT molecular complexity index is 572. The van der Waals surface area contributed by atoms with E-state index in [1.807, 2.05) is 24.4 Å². The number of anilines is 1. The molecule has 1 aromatic carbocycles. The fourth-order valence-corrected chi connectivity index (χ4v) is 2.90. The van der Waals surface area contributed by atoms with E-state index in [4.69, 9.17) is 11.6 Å². The topological polar surface area (TPSA) is 55.2 Å². The molecule has 2 aromatic rings. The summed E-state index contributed by atoms with van der Waals surface area (Å²) in [5.74, 6) is 0. The van der Waals surface area contributed by atoms with Crippen LogP contribution in [-0.2, 0) is 6.42 Å². The molecule has 1 N–H and O–H groups in total. The summed E-state index contributed by atoms with van der Waals surface area (Å²) in [5, 5.41) is 16.5. The van der Waals surface area contributed by atoms with Crippen molar-refractivity contribution in [1.29, 1.82) is 0 Å². The summed E-state index contributed by atoms with van der Waals surface area (Å²) >= 11 is 7.70. The third-order valence-corrected chi connectivity index (χ3v) is 3.88. The number of nitrogens with one attached hydrogen (secondary N) is 1. The molecule has 19 heavy (non-hydrogen) atoms. The summed E-state index contributed by atoms with van der Waals surface area (Å²) in [6, 6.07) is 8.78. The van der Waals surface area contributed by atoms with Crippen LogP contribution in [0.5, 0.6) is 0 Å². The summed E-state index contributed by atoms with van der Waals surface area (Å²) in [5.41, 5.74) is 0.392. The molecular weight excluding hydrogens is 284 g/mol. The second-order valence-corrected chi connectivity index (χ2v) is 5.66.